The Hall–Kier alpha value is -1.20. The fourth-order valence-electron chi connectivity index (χ4n) is 1.21. The maximum Gasteiger partial charge on any atom is 0.446 e. The van der Waals surface area contributed by atoms with Crippen LogP contribution in [0.5, 0.6) is 0 Å². The van der Waals surface area contributed by atoms with E-state index in [0.29, 0.717) is 0 Å². The van der Waals surface area contributed by atoms with Crippen molar-refractivity contribution in [2.45, 2.75) is 16.8 Å². The number of carboxylic acids is 1. The third-order valence-electron chi connectivity index (χ3n) is 1.85. The number of benzene rings is 1. The van der Waals surface area contributed by atoms with E-state index in [4.69, 9.17) is 10.4 Å². The smallest absolute Gasteiger partial charge is 0.446 e. The van der Waals surface area contributed by atoms with Crippen LogP contribution in [-0.4, -0.2) is 16.6 Å². The number of nitriles is 1. The number of nitrogens with zero attached hydrogens (tertiary/aromatic N) is 1. The molecular weight excluding hydrogens is 335 g/mol. The molecule has 18 heavy (non-hydrogen) atoms. The molecule has 0 bridgehead atoms. The maximum absolute atomic E-state index is 12.3. The molecule has 3 nitrogen and oxygen atoms in total. The molecule has 0 atom stereocenters. The molecule has 0 saturated carbocycles. The molecule has 1 aromatic carbocycles. The van der Waals surface area contributed by atoms with Crippen molar-refractivity contribution >= 4 is 33.7 Å². The van der Waals surface area contributed by atoms with Crippen LogP contribution in [0.25, 0.3) is 0 Å². The van der Waals surface area contributed by atoms with Gasteiger partial charge in [0.15, 0.2) is 0 Å². The lowest BCUT2D eigenvalue weighted by molar-refractivity contribution is -0.136. The van der Waals surface area contributed by atoms with Crippen molar-refractivity contribution in [1.29, 1.82) is 5.26 Å². The van der Waals surface area contributed by atoms with Gasteiger partial charge in [-0.25, -0.2) is 0 Å². The number of alkyl halides is 3. The quantitative estimate of drug-likeness (QED) is 0.855. The van der Waals surface area contributed by atoms with Crippen molar-refractivity contribution in [1.82, 2.24) is 0 Å². The van der Waals surface area contributed by atoms with Gasteiger partial charge in [0, 0.05) is 9.37 Å². The van der Waals surface area contributed by atoms with Gasteiger partial charge in [-0.3, -0.25) is 4.79 Å². The molecule has 0 aliphatic heterocycles. The highest BCUT2D eigenvalue weighted by atomic mass is 79.9. The Morgan fingerprint density at radius 2 is 2.11 bits per heavy atom. The average molecular weight is 340 g/mol. The number of carboxylic acid groups (broad SMARTS) is 1. The summed E-state index contributed by atoms with van der Waals surface area (Å²) in [6.07, 6.45) is -0.498. The summed E-state index contributed by atoms with van der Waals surface area (Å²) in [5, 5.41) is 17.4. The Bertz CT molecular complexity index is 525. The maximum atomic E-state index is 12.3. The summed E-state index contributed by atoms with van der Waals surface area (Å²) < 4.78 is 36.9. The number of rotatable bonds is 3. The van der Waals surface area contributed by atoms with Crippen LogP contribution in [0, 0.1) is 11.3 Å². The second-order valence-corrected chi connectivity index (χ2v) is 5.13. The normalized spacial score (nSPS) is 11.1. The first-order chi connectivity index (χ1) is 8.23. The third-order valence-corrected chi connectivity index (χ3v) is 3.55. The Labute approximate surface area is 113 Å². The van der Waals surface area contributed by atoms with Gasteiger partial charge in [0.25, 0.3) is 0 Å². The van der Waals surface area contributed by atoms with Gasteiger partial charge in [0.2, 0.25) is 0 Å². The van der Waals surface area contributed by atoms with Crippen LogP contribution >= 0.6 is 27.7 Å². The van der Waals surface area contributed by atoms with Gasteiger partial charge in [-0.1, -0.05) is 0 Å². The van der Waals surface area contributed by atoms with Crippen LogP contribution in [0.15, 0.2) is 21.5 Å². The zero-order valence-electron chi connectivity index (χ0n) is 8.58. The number of carbonyl (C=O) groups is 1. The van der Waals surface area contributed by atoms with Crippen LogP contribution in [0.1, 0.15) is 11.1 Å². The molecule has 0 heterocycles. The topological polar surface area (TPSA) is 61.1 Å². The summed E-state index contributed by atoms with van der Waals surface area (Å²) in [6, 6.07) is 4.00. The summed E-state index contributed by atoms with van der Waals surface area (Å²) in [5.74, 6) is -1.21. The monoisotopic (exact) mass is 339 g/mol. The minimum absolute atomic E-state index is 0.0378. The van der Waals surface area contributed by atoms with E-state index in [-0.39, 0.29) is 32.3 Å². The number of hydrogen-bond donors (Lipinski definition) is 1. The van der Waals surface area contributed by atoms with E-state index < -0.39 is 17.9 Å². The zero-order valence-corrected chi connectivity index (χ0v) is 11.0. The van der Waals surface area contributed by atoms with Gasteiger partial charge in [-0.05, 0) is 45.4 Å². The van der Waals surface area contributed by atoms with Crippen molar-refractivity contribution in [2.75, 3.05) is 0 Å². The molecule has 1 aromatic rings. The van der Waals surface area contributed by atoms with Gasteiger partial charge in [0.1, 0.15) is 0 Å². The second-order valence-electron chi connectivity index (χ2n) is 3.17. The first-order valence-electron chi connectivity index (χ1n) is 4.43. The van der Waals surface area contributed by atoms with E-state index in [1.165, 1.54) is 6.07 Å². The number of thioether (sulfide) groups is 1. The SMILES string of the molecule is N#Cc1cc(Br)c(SC(F)(F)F)cc1CC(=O)O. The molecule has 0 saturated heterocycles. The summed E-state index contributed by atoms with van der Waals surface area (Å²) in [4.78, 5) is 10.4. The highest BCUT2D eigenvalue weighted by molar-refractivity contribution is 9.10. The molecule has 0 spiro atoms. The van der Waals surface area contributed by atoms with Crippen molar-refractivity contribution in [2.24, 2.45) is 0 Å². The number of aliphatic carboxylic acids is 1. The Morgan fingerprint density at radius 3 is 2.56 bits per heavy atom. The Balaban J connectivity index is 3.22. The van der Waals surface area contributed by atoms with Crippen LogP contribution in [-0.2, 0) is 11.2 Å². The summed E-state index contributed by atoms with van der Waals surface area (Å²) in [6.45, 7) is 0. The van der Waals surface area contributed by atoms with E-state index in [1.807, 2.05) is 0 Å². The van der Waals surface area contributed by atoms with Crippen LogP contribution in [0.4, 0.5) is 13.2 Å². The molecule has 0 aliphatic carbocycles. The van der Waals surface area contributed by atoms with Gasteiger partial charge >= 0.3 is 11.5 Å². The van der Waals surface area contributed by atoms with E-state index >= 15 is 0 Å². The molecular formula is C10H5BrF3NO2S. The van der Waals surface area contributed by atoms with E-state index in [9.17, 15) is 18.0 Å². The summed E-state index contributed by atoms with van der Waals surface area (Å²) in [5.41, 5.74) is -4.38. The molecule has 96 valence electrons. The molecule has 0 amide bonds. The first kappa shape index (κ1) is 14.9. The lowest BCUT2D eigenvalue weighted by Crippen LogP contribution is -2.04. The Morgan fingerprint density at radius 1 is 1.50 bits per heavy atom. The molecule has 0 aromatic heterocycles. The van der Waals surface area contributed by atoms with Crippen molar-refractivity contribution in [3.05, 3.63) is 27.7 Å². The lowest BCUT2D eigenvalue weighted by atomic mass is 10.1. The van der Waals surface area contributed by atoms with Gasteiger partial charge in [-0.2, -0.15) is 18.4 Å². The fourth-order valence-corrected chi connectivity index (χ4v) is 2.40. The minimum Gasteiger partial charge on any atom is -0.481 e. The summed E-state index contributed by atoms with van der Waals surface area (Å²) in [7, 11) is 0. The molecule has 0 aliphatic rings. The molecule has 1 rings (SSSR count). The molecule has 0 unspecified atom stereocenters. The number of halogens is 4. The summed E-state index contributed by atoms with van der Waals surface area (Å²) >= 11 is 2.56. The van der Waals surface area contributed by atoms with Gasteiger partial charge < -0.3 is 5.11 Å². The van der Waals surface area contributed by atoms with Crippen molar-refractivity contribution in [3.63, 3.8) is 0 Å². The molecule has 1 N–H and O–H groups in total. The third kappa shape index (κ3) is 4.23. The lowest BCUT2D eigenvalue weighted by Gasteiger charge is -2.10. The predicted octanol–water partition coefficient (Wildman–Crippen LogP) is 3.56. The largest absolute Gasteiger partial charge is 0.481 e. The zero-order chi connectivity index (χ0) is 13.9. The van der Waals surface area contributed by atoms with Crippen LogP contribution < -0.4 is 0 Å². The standard InChI is InChI=1S/C10H5BrF3NO2S/c11-7-1-6(4-15)5(3-9(16)17)2-8(7)18-10(12,13)14/h1-2H,3H2,(H,16,17). The van der Waals surface area contributed by atoms with Gasteiger partial charge in [0.05, 0.1) is 18.1 Å². The van der Waals surface area contributed by atoms with Crippen molar-refractivity contribution in [3.8, 4) is 6.07 Å². The van der Waals surface area contributed by atoms with Crippen LogP contribution in [0.3, 0.4) is 0 Å². The van der Waals surface area contributed by atoms with Gasteiger partial charge in [-0.15, -0.1) is 0 Å². The molecule has 8 heteroatoms. The molecule has 0 radical (unpaired) electrons. The highest BCUT2D eigenvalue weighted by Gasteiger charge is 2.30. The fraction of sp³-hybridized carbons (Fsp3) is 0.200. The molecule has 0 fully saturated rings. The first-order valence-corrected chi connectivity index (χ1v) is 6.04. The van der Waals surface area contributed by atoms with E-state index in [2.05, 4.69) is 15.9 Å². The predicted molar refractivity (Wildman–Crippen MR) is 62.1 cm³/mol. The highest BCUT2D eigenvalue weighted by Crippen LogP contribution is 2.41. The number of hydrogen-bond acceptors (Lipinski definition) is 3. The second kappa shape index (κ2) is 5.63. The van der Waals surface area contributed by atoms with Crippen LogP contribution in [0.2, 0.25) is 0 Å². The minimum atomic E-state index is -4.48. The van der Waals surface area contributed by atoms with E-state index in [1.54, 1.807) is 6.07 Å². The average Bonchev–Trinajstić information content (AvgIpc) is 2.19. The van der Waals surface area contributed by atoms with E-state index in [0.717, 1.165) is 6.07 Å². The Kier molecular flexibility index (Phi) is 4.65. The van der Waals surface area contributed by atoms with Crippen molar-refractivity contribution < 1.29 is 23.1 Å².